The third-order valence-electron chi connectivity index (χ3n) is 4.08. The number of hydrogen-bond donors (Lipinski definition) is 0. The lowest BCUT2D eigenvalue weighted by Crippen LogP contribution is -2.14. The van der Waals surface area contributed by atoms with Gasteiger partial charge in [-0.3, -0.25) is 0 Å². The first kappa shape index (κ1) is 19.9. The molecule has 0 unspecified atom stereocenters. The minimum Gasteiger partial charge on any atom is -0.366 e. The average Bonchev–Trinajstić information content (AvgIpc) is 2.56. The van der Waals surface area contributed by atoms with Crippen LogP contribution in [0.1, 0.15) is 29.2 Å². The van der Waals surface area contributed by atoms with Crippen molar-refractivity contribution in [1.29, 1.82) is 0 Å². The van der Waals surface area contributed by atoms with E-state index < -0.39 is 23.4 Å². The number of rotatable bonds is 5. The van der Waals surface area contributed by atoms with Crippen LogP contribution in [0.3, 0.4) is 0 Å². The van der Waals surface area contributed by atoms with Gasteiger partial charge in [-0.15, -0.1) is 0 Å². The molecule has 0 aliphatic rings. The number of halogens is 5. The van der Waals surface area contributed by atoms with Crippen LogP contribution in [0.4, 0.5) is 27.6 Å². The van der Waals surface area contributed by atoms with Gasteiger partial charge in [0.25, 0.3) is 0 Å². The summed E-state index contributed by atoms with van der Waals surface area (Å²) < 4.78 is 65.9. The van der Waals surface area contributed by atoms with Crippen LogP contribution in [0.5, 0.6) is 0 Å². The number of hydrogen-bond acceptors (Lipinski definition) is 1. The number of nitrogens with zero attached hydrogens (tertiary/aromatic N) is 2. The van der Waals surface area contributed by atoms with Gasteiger partial charge < -0.3 is 4.90 Å². The Kier molecular flexibility index (Phi) is 6.00. The summed E-state index contributed by atoms with van der Waals surface area (Å²) in [5, 5.41) is 0. The topological polar surface area (TPSA) is 15.6 Å². The average molecular weight is 370 g/mol. The van der Waals surface area contributed by atoms with Crippen molar-refractivity contribution in [2.24, 2.45) is 4.99 Å². The molecule has 0 N–H and O–H groups in total. The lowest BCUT2D eigenvalue weighted by molar-refractivity contribution is -0.140. The van der Waals surface area contributed by atoms with Gasteiger partial charge in [0.15, 0.2) is 0 Å². The molecule has 0 saturated heterocycles. The number of alkyl halides is 3. The van der Waals surface area contributed by atoms with Gasteiger partial charge in [0.2, 0.25) is 0 Å². The molecule has 26 heavy (non-hydrogen) atoms. The first-order chi connectivity index (χ1) is 12.1. The molecule has 7 heteroatoms. The predicted molar refractivity (Wildman–Crippen MR) is 91.8 cm³/mol. The summed E-state index contributed by atoms with van der Waals surface area (Å²) in [6.07, 6.45) is -3.18. The maximum Gasteiger partial charge on any atom is 0.419 e. The van der Waals surface area contributed by atoms with Crippen molar-refractivity contribution < 1.29 is 22.0 Å². The van der Waals surface area contributed by atoms with Gasteiger partial charge in [-0.1, -0.05) is 6.07 Å². The molecule has 0 spiro atoms. The predicted octanol–water partition coefficient (Wildman–Crippen LogP) is 5.49. The SMILES string of the molecule is CCN(C)C=Nc1cc(F)cc(Cc2ccc(F)c(C(F)(F)F)c2)c1C. The molecular weight excluding hydrogens is 351 g/mol. The van der Waals surface area contributed by atoms with Crippen molar-refractivity contribution in [2.75, 3.05) is 13.6 Å². The highest BCUT2D eigenvalue weighted by Gasteiger charge is 2.34. The Labute approximate surface area is 149 Å². The van der Waals surface area contributed by atoms with Crippen LogP contribution in [0, 0.1) is 18.6 Å². The largest absolute Gasteiger partial charge is 0.419 e. The monoisotopic (exact) mass is 370 g/mol. The highest BCUT2D eigenvalue weighted by Crippen LogP contribution is 2.33. The molecule has 0 saturated carbocycles. The second-order valence-electron chi connectivity index (χ2n) is 6.02. The van der Waals surface area contributed by atoms with Gasteiger partial charge in [0.1, 0.15) is 11.6 Å². The van der Waals surface area contributed by atoms with Gasteiger partial charge in [-0.05, 0) is 61.2 Å². The second kappa shape index (κ2) is 7.85. The number of aliphatic imine (C=N–C) groups is 1. The van der Waals surface area contributed by atoms with Crippen LogP contribution in [0.25, 0.3) is 0 Å². The summed E-state index contributed by atoms with van der Waals surface area (Å²) in [5.74, 6) is -1.86. The van der Waals surface area contributed by atoms with Crippen LogP contribution in [0.15, 0.2) is 35.3 Å². The first-order valence-electron chi connectivity index (χ1n) is 8.01. The lowest BCUT2D eigenvalue weighted by Gasteiger charge is -2.13. The highest BCUT2D eigenvalue weighted by molar-refractivity contribution is 5.64. The molecule has 2 rings (SSSR count). The molecule has 0 radical (unpaired) electrons. The summed E-state index contributed by atoms with van der Waals surface area (Å²) in [6.45, 7) is 4.38. The summed E-state index contributed by atoms with van der Waals surface area (Å²) in [6, 6.07) is 5.33. The maximum absolute atomic E-state index is 13.9. The zero-order chi connectivity index (χ0) is 19.5. The zero-order valence-corrected chi connectivity index (χ0v) is 14.7. The molecule has 0 bridgehead atoms. The van der Waals surface area contributed by atoms with Crippen molar-refractivity contribution in [3.63, 3.8) is 0 Å². The molecule has 2 nitrogen and oxygen atoms in total. The molecule has 0 atom stereocenters. The second-order valence-corrected chi connectivity index (χ2v) is 6.02. The number of benzene rings is 2. The quantitative estimate of drug-likeness (QED) is 0.386. The fraction of sp³-hybridized carbons (Fsp3) is 0.316. The Balaban J connectivity index is 2.39. The van der Waals surface area contributed by atoms with Crippen LogP contribution < -0.4 is 0 Å². The Hall–Kier alpha value is -2.44. The van der Waals surface area contributed by atoms with E-state index in [2.05, 4.69) is 4.99 Å². The molecular formula is C19H19F5N2. The van der Waals surface area contributed by atoms with E-state index in [1.807, 2.05) is 14.0 Å². The molecule has 0 aliphatic heterocycles. The highest BCUT2D eigenvalue weighted by atomic mass is 19.4. The van der Waals surface area contributed by atoms with E-state index in [1.165, 1.54) is 18.2 Å². The Morgan fingerprint density at radius 2 is 1.81 bits per heavy atom. The summed E-state index contributed by atoms with van der Waals surface area (Å²) in [7, 11) is 1.82. The first-order valence-corrected chi connectivity index (χ1v) is 8.01. The van der Waals surface area contributed by atoms with Crippen molar-refractivity contribution in [2.45, 2.75) is 26.4 Å². The van der Waals surface area contributed by atoms with Crippen LogP contribution in [0.2, 0.25) is 0 Å². The van der Waals surface area contributed by atoms with Gasteiger partial charge in [-0.2, -0.15) is 13.2 Å². The Bertz CT molecular complexity index is 812. The normalized spacial score (nSPS) is 12.0. The maximum atomic E-state index is 13.9. The van der Waals surface area contributed by atoms with E-state index >= 15 is 0 Å². The summed E-state index contributed by atoms with van der Waals surface area (Å²) in [4.78, 5) is 6.04. The molecule has 0 fully saturated rings. The van der Waals surface area contributed by atoms with Crippen molar-refractivity contribution in [3.8, 4) is 0 Å². The van der Waals surface area contributed by atoms with E-state index in [9.17, 15) is 22.0 Å². The fourth-order valence-electron chi connectivity index (χ4n) is 2.40. The van der Waals surface area contributed by atoms with Gasteiger partial charge in [0.05, 0.1) is 17.6 Å². The van der Waals surface area contributed by atoms with Gasteiger partial charge >= 0.3 is 6.18 Å². The van der Waals surface area contributed by atoms with Crippen molar-refractivity contribution >= 4 is 12.0 Å². The Morgan fingerprint density at radius 3 is 2.42 bits per heavy atom. The third kappa shape index (κ3) is 4.80. The summed E-state index contributed by atoms with van der Waals surface area (Å²) in [5.41, 5.74) is 0.472. The zero-order valence-electron chi connectivity index (χ0n) is 14.7. The van der Waals surface area contributed by atoms with Crippen LogP contribution in [-0.2, 0) is 12.6 Å². The van der Waals surface area contributed by atoms with E-state index in [1.54, 1.807) is 18.2 Å². The molecule has 0 amide bonds. The van der Waals surface area contributed by atoms with Crippen molar-refractivity contribution in [3.05, 3.63) is 64.2 Å². The standard InChI is InChI=1S/C19H19F5N2/c1-4-26(3)11-25-18-10-15(20)9-14(12(18)2)7-13-5-6-17(21)16(8-13)19(22,23)24/h5-6,8-11H,4,7H2,1-3H3. The van der Waals surface area contributed by atoms with Gasteiger partial charge in [-0.25, -0.2) is 13.8 Å². The molecule has 2 aromatic carbocycles. The molecule has 140 valence electrons. The fourth-order valence-corrected chi connectivity index (χ4v) is 2.40. The third-order valence-corrected chi connectivity index (χ3v) is 4.08. The molecule has 0 aromatic heterocycles. The molecule has 0 heterocycles. The van der Waals surface area contributed by atoms with Gasteiger partial charge in [0, 0.05) is 13.6 Å². The minimum atomic E-state index is -4.78. The lowest BCUT2D eigenvalue weighted by atomic mass is 9.97. The van der Waals surface area contributed by atoms with E-state index in [4.69, 9.17) is 0 Å². The minimum absolute atomic E-state index is 0.0408. The van der Waals surface area contributed by atoms with E-state index in [0.29, 0.717) is 16.8 Å². The molecule has 2 aromatic rings. The Morgan fingerprint density at radius 1 is 1.12 bits per heavy atom. The van der Waals surface area contributed by atoms with Crippen molar-refractivity contribution in [1.82, 2.24) is 4.90 Å². The van der Waals surface area contributed by atoms with E-state index in [0.717, 1.165) is 18.7 Å². The van der Waals surface area contributed by atoms with Crippen LogP contribution in [-0.4, -0.2) is 24.8 Å². The summed E-state index contributed by atoms with van der Waals surface area (Å²) >= 11 is 0. The smallest absolute Gasteiger partial charge is 0.366 e. The molecule has 0 aliphatic carbocycles. The van der Waals surface area contributed by atoms with Crippen LogP contribution >= 0.6 is 0 Å². The van der Waals surface area contributed by atoms with E-state index in [-0.39, 0.29) is 12.0 Å².